The van der Waals surface area contributed by atoms with E-state index in [1.165, 1.54) is 36.4 Å². The average molecular weight is 634 g/mol. The molecule has 0 aliphatic heterocycles. The molecule has 4 aromatic carbocycles. The van der Waals surface area contributed by atoms with Crippen molar-refractivity contribution in [3.05, 3.63) is 113 Å². The van der Waals surface area contributed by atoms with Crippen LogP contribution in [0.2, 0.25) is 0 Å². The van der Waals surface area contributed by atoms with Gasteiger partial charge in [0.15, 0.2) is 27.3 Å². The highest BCUT2D eigenvalue weighted by Gasteiger charge is 2.31. The lowest BCUT2D eigenvalue weighted by Gasteiger charge is -2.26. The minimum absolute atomic E-state index is 0.161. The van der Waals surface area contributed by atoms with Gasteiger partial charge >= 0.3 is 12.2 Å². The summed E-state index contributed by atoms with van der Waals surface area (Å²) >= 11 is 0. The summed E-state index contributed by atoms with van der Waals surface area (Å²) in [7, 11) is -4.29. The van der Waals surface area contributed by atoms with Gasteiger partial charge < -0.3 is 16.3 Å². The predicted molar refractivity (Wildman–Crippen MR) is 153 cm³/mol. The van der Waals surface area contributed by atoms with Crippen LogP contribution in [-0.4, -0.2) is 36.8 Å². The number of hydrogen-bond acceptors (Lipinski definition) is 6. The van der Waals surface area contributed by atoms with Gasteiger partial charge in [-0.05, 0) is 41.5 Å². The van der Waals surface area contributed by atoms with Gasteiger partial charge in [-0.15, -0.1) is 0 Å². The number of halogens is 5. The number of urea groups is 1. The summed E-state index contributed by atoms with van der Waals surface area (Å²) in [6.07, 6.45) is -3.88. The van der Waals surface area contributed by atoms with E-state index in [4.69, 9.17) is 10.9 Å². The van der Waals surface area contributed by atoms with E-state index >= 15 is 8.78 Å². The number of anilines is 2. The second-order valence-electron chi connectivity index (χ2n) is 9.45. The van der Waals surface area contributed by atoms with Crippen LogP contribution in [0.1, 0.15) is 16.7 Å². The number of amidine groups is 1. The average Bonchev–Trinajstić information content (AvgIpc) is 2.97. The van der Waals surface area contributed by atoms with Crippen LogP contribution in [0, 0.1) is 11.6 Å². The van der Waals surface area contributed by atoms with Gasteiger partial charge in [0, 0.05) is 17.4 Å². The molecule has 5 N–H and O–H groups in total. The molecule has 4 aromatic rings. The van der Waals surface area contributed by atoms with Crippen molar-refractivity contribution < 1.29 is 40.4 Å². The minimum atomic E-state index is -4.61. The maximum atomic E-state index is 15.8. The van der Waals surface area contributed by atoms with Crippen molar-refractivity contribution >= 4 is 33.1 Å². The van der Waals surface area contributed by atoms with Crippen LogP contribution in [0.3, 0.4) is 0 Å². The number of benzene rings is 4. The zero-order valence-electron chi connectivity index (χ0n) is 22.7. The Hall–Kier alpha value is -5.18. The second-order valence-corrected chi connectivity index (χ2v) is 11.4. The van der Waals surface area contributed by atoms with Gasteiger partial charge in [0.05, 0.1) is 17.8 Å². The first-order valence-corrected chi connectivity index (χ1v) is 14.4. The molecule has 0 aliphatic carbocycles. The molecule has 4 rings (SSSR count). The molecular formula is C29H24F5N5O4S. The number of rotatable bonds is 8. The highest BCUT2D eigenvalue weighted by molar-refractivity contribution is 7.90. The van der Waals surface area contributed by atoms with E-state index in [0.29, 0.717) is 0 Å². The lowest BCUT2D eigenvalue weighted by atomic mass is 10.0. The highest BCUT2D eigenvalue weighted by Crippen LogP contribution is 2.36. The number of sulfone groups is 1. The Labute approximate surface area is 248 Å². The van der Waals surface area contributed by atoms with Crippen LogP contribution in [0.15, 0.2) is 95.0 Å². The quantitative estimate of drug-likeness (QED) is 0.0455. The van der Waals surface area contributed by atoms with E-state index in [1.807, 2.05) is 5.32 Å². The number of nitrogens with zero attached hydrogens (tertiary/aromatic N) is 2. The number of amides is 2. The summed E-state index contributed by atoms with van der Waals surface area (Å²) in [6, 6.07) is 16.8. The monoisotopic (exact) mass is 633 g/mol. The fraction of sp³-hybridized carbons (Fsp3) is 0.103. The zero-order chi connectivity index (χ0) is 32.2. The van der Waals surface area contributed by atoms with Crippen LogP contribution in [-0.2, 0) is 22.6 Å². The fourth-order valence-electron chi connectivity index (χ4n) is 4.19. The van der Waals surface area contributed by atoms with Gasteiger partial charge in [0.25, 0.3) is 0 Å². The summed E-state index contributed by atoms with van der Waals surface area (Å²) in [5.74, 6) is -3.11. The molecule has 0 radical (unpaired) electrons. The molecule has 0 heterocycles. The van der Waals surface area contributed by atoms with E-state index < -0.39 is 56.4 Å². The van der Waals surface area contributed by atoms with E-state index in [-0.39, 0.29) is 33.8 Å². The molecule has 0 fully saturated rings. The highest BCUT2D eigenvalue weighted by atomic mass is 32.2. The molecule has 2 amide bonds. The summed E-state index contributed by atoms with van der Waals surface area (Å²) in [6.45, 7) is -0.429. The minimum Gasteiger partial charge on any atom is -0.409 e. The van der Waals surface area contributed by atoms with Crippen molar-refractivity contribution in [2.24, 2.45) is 10.9 Å². The normalized spacial score (nSPS) is 12.1. The third-order valence-electron chi connectivity index (χ3n) is 6.26. The molecule has 0 bridgehead atoms. The Morgan fingerprint density at radius 1 is 0.977 bits per heavy atom. The summed E-state index contributed by atoms with van der Waals surface area (Å²) in [4.78, 5) is 12.6. The third kappa shape index (κ3) is 7.23. The Kier molecular flexibility index (Phi) is 9.08. The number of carbonyl (C=O) groups excluding carboxylic acids is 1. The van der Waals surface area contributed by atoms with E-state index in [9.17, 15) is 26.4 Å². The Morgan fingerprint density at radius 2 is 1.64 bits per heavy atom. The number of hydrogen-bond donors (Lipinski definition) is 4. The molecule has 0 spiro atoms. The Morgan fingerprint density at radius 3 is 2.23 bits per heavy atom. The number of hydrazine groups is 1. The lowest BCUT2D eigenvalue weighted by Crippen LogP contribution is -2.39. The largest absolute Gasteiger partial charge is 0.416 e. The molecule has 0 aromatic heterocycles. The van der Waals surface area contributed by atoms with Gasteiger partial charge in [-0.2, -0.15) is 13.2 Å². The number of carbonyl (C=O) groups is 1. The van der Waals surface area contributed by atoms with E-state index in [1.54, 1.807) is 18.2 Å². The number of nitrogens with two attached hydrogens (primary N) is 1. The molecule has 0 saturated heterocycles. The lowest BCUT2D eigenvalue weighted by molar-refractivity contribution is -0.137. The molecule has 230 valence electrons. The van der Waals surface area contributed by atoms with Gasteiger partial charge in [-0.3, -0.25) is 5.43 Å². The maximum Gasteiger partial charge on any atom is 0.416 e. The topological polar surface area (TPSA) is 137 Å². The molecule has 0 aliphatic rings. The van der Waals surface area contributed by atoms with Crippen molar-refractivity contribution in [2.75, 3.05) is 17.0 Å². The SMILES string of the molecule is CS(=O)(=O)c1c(-c2ccccc2)cc(F)c(NC(=O)N(Cc2ccc(C(F)(F)F)cc2)Nc2cccc(C(N)=NO)c2)c1F. The van der Waals surface area contributed by atoms with Gasteiger partial charge in [0.1, 0.15) is 10.6 Å². The number of nitrogens with one attached hydrogen (secondary N) is 2. The van der Waals surface area contributed by atoms with Crippen LogP contribution in [0.5, 0.6) is 0 Å². The van der Waals surface area contributed by atoms with Crippen molar-refractivity contribution in [1.29, 1.82) is 0 Å². The van der Waals surface area contributed by atoms with Crippen molar-refractivity contribution in [3.8, 4) is 11.1 Å². The third-order valence-corrected chi connectivity index (χ3v) is 7.40. The van der Waals surface area contributed by atoms with E-state index in [0.717, 1.165) is 41.6 Å². The molecule has 44 heavy (non-hydrogen) atoms. The Balaban J connectivity index is 1.74. The number of alkyl halides is 3. The zero-order valence-corrected chi connectivity index (χ0v) is 23.5. The van der Waals surface area contributed by atoms with Crippen molar-refractivity contribution in [3.63, 3.8) is 0 Å². The van der Waals surface area contributed by atoms with Gasteiger partial charge in [-0.25, -0.2) is 27.0 Å². The first kappa shape index (κ1) is 31.7. The van der Waals surface area contributed by atoms with Gasteiger partial charge in [-0.1, -0.05) is 59.8 Å². The first-order chi connectivity index (χ1) is 20.7. The van der Waals surface area contributed by atoms with Crippen LogP contribution in [0.25, 0.3) is 11.1 Å². The number of oxime groups is 1. The molecule has 0 saturated carbocycles. The second kappa shape index (κ2) is 12.6. The standard InChI is InChI=1S/C29H24F5N5O4S/c1-44(42,43)26-22(18-6-3-2-4-7-18)15-23(30)25(24(26)31)36-28(40)39(16-17-10-12-20(13-11-17)29(32,33)34)37-21-9-5-8-19(14-21)27(35)38-41/h2-15,37,41H,16H2,1H3,(H2,35,38)(H,36,40). The summed E-state index contributed by atoms with van der Waals surface area (Å²) in [5, 5.41) is 14.7. The van der Waals surface area contributed by atoms with Crippen LogP contribution < -0.4 is 16.5 Å². The fourth-order valence-corrected chi connectivity index (χ4v) is 5.19. The first-order valence-electron chi connectivity index (χ1n) is 12.6. The van der Waals surface area contributed by atoms with E-state index in [2.05, 4.69) is 10.6 Å². The molecule has 0 atom stereocenters. The molecule has 9 nitrogen and oxygen atoms in total. The smallest absolute Gasteiger partial charge is 0.409 e. The van der Waals surface area contributed by atoms with Gasteiger partial charge in [0.2, 0.25) is 0 Å². The summed E-state index contributed by atoms with van der Waals surface area (Å²) < 4.78 is 95.5. The van der Waals surface area contributed by atoms with Crippen LogP contribution >= 0.6 is 0 Å². The molecular weight excluding hydrogens is 609 g/mol. The van der Waals surface area contributed by atoms with Crippen molar-refractivity contribution in [1.82, 2.24) is 5.01 Å². The summed E-state index contributed by atoms with van der Waals surface area (Å²) in [5.41, 5.74) is 6.80. The molecule has 15 heteroatoms. The maximum absolute atomic E-state index is 15.8. The van der Waals surface area contributed by atoms with Crippen LogP contribution in [0.4, 0.5) is 38.1 Å². The molecule has 0 unspecified atom stereocenters. The van der Waals surface area contributed by atoms with Crippen molar-refractivity contribution in [2.45, 2.75) is 17.6 Å². The Bertz CT molecular complexity index is 1820. The predicted octanol–water partition coefficient (Wildman–Crippen LogP) is 6.21.